The fourth-order valence-electron chi connectivity index (χ4n) is 2.94. The fourth-order valence-corrected chi connectivity index (χ4v) is 2.94. The molecule has 1 aromatic carbocycles. The minimum Gasteiger partial charge on any atom is -0.465 e. The maximum Gasteiger partial charge on any atom is 0.406 e. The summed E-state index contributed by atoms with van der Waals surface area (Å²) in [7, 11) is 0. The predicted octanol–water partition coefficient (Wildman–Crippen LogP) is 2.33. The smallest absolute Gasteiger partial charge is 0.406 e. The third-order valence-electron chi connectivity index (χ3n) is 4.33. The Bertz CT molecular complexity index is 940. The summed E-state index contributed by atoms with van der Waals surface area (Å²) in [6.07, 6.45) is -1.86. The van der Waals surface area contributed by atoms with E-state index in [2.05, 4.69) is 10.6 Å². The van der Waals surface area contributed by atoms with Crippen LogP contribution in [0, 0.1) is 0 Å². The Balaban J connectivity index is 1.73. The van der Waals surface area contributed by atoms with Crippen molar-refractivity contribution in [2.24, 2.45) is 0 Å². The minimum absolute atomic E-state index is 0.0291. The van der Waals surface area contributed by atoms with Gasteiger partial charge in [0.05, 0.1) is 6.26 Å². The van der Waals surface area contributed by atoms with Gasteiger partial charge in [-0.05, 0) is 30.7 Å². The first-order chi connectivity index (χ1) is 14.2. The molecule has 0 aliphatic carbocycles. The highest BCUT2D eigenvalue weighted by Crippen LogP contribution is 2.21. The van der Waals surface area contributed by atoms with Crippen LogP contribution in [-0.2, 0) is 9.59 Å². The van der Waals surface area contributed by atoms with E-state index in [-0.39, 0.29) is 24.4 Å². The van der Waals surface area contributed by atoms with E-state index in [1.54, 1.807) is 42.5 Å². The number of hydrogen-bond donors (Lipinski definition) is 2. The minimum atomic E-state index is -4.53. The topological polar surface area (TPSA) is 91.7 Å². The average molecular weight is 421 g/mol. The first kappa shape index (κ1) is 21.2. The predicted molar refractivity (Wildman–Crippen MR) is 99.8 cm³/mol. The van der Waals surface area contributed by atoms with Gasteiger partial charge in [-0.3, -0.25) is 14.4 Å². The van der Waals surface area contributed by atoms with Gasteiger partial charge in [0.2, 0.25) is 5.91 Å². The van der Waals surface area contributed by atoms with Crippen molar-refractivity contribution in [2.75, 3.05) is 13.1 Å². The van der Waals surface area contributed by atoms with Crippen molar-refractivity contribution in [3.8, 4) is 0 Å². The molecular weight excluding hydrogens is 403 g/mol. The molecule has 3 amide bonds. The molecule has 3 rings (SSSR count). The molecule has 1 aliphatic heterocycles. The fraction of sp³-hybridized carbons (Fsp3) is 0.250. The zero-order chi connectivity index (χ0) is 21.7. The number of furan rings is 1. The van der Waals surface area contributed by atoms with Gasteiger partial charge in [0.15, 0.2) is 0 Å². The Kier molecular flexibility index (Phi) is 6.24. The van der Waals surface area contributed by atoms with Crippen LogP contribution >= 0.6 is 0 Å². The van der Waals surface area contributed by atoms with Crippen LogP contribution in [0.1, 0.15) is 22.5 Å². The molecule has 0 bridgehead atoms. The van der Waals surface area contributed by atoms with Crippen molar-refractivity contribution in [1.82, 2.24) is 15.5 Å². The van der Waals surface area contributed by atoms with Gasteiger partial charge >= 0.3 is 6.18 Å². The molecule has 1 unspecified atom stereocenters. The lowest BCUT2D eigenvalue weighted by Gasteiger charge is -2.19. The molecule has 7 nitrogen and oxygen atoms in total. The molecule has 1 aliphatic rings. The van der Waals surface area contributed by atoms with Crippen molar-refractivity contribution in [3.63, 3.8) is 0 Å². The van der Waals surface area contributed by atoms with Crippen LogP contribution in [-0.4, -0.2) is 47.9 Å². The number of rotatable bonds is 6. The Morgan fingerprint density at radius 3 is 2.53 bits per heavy atom. The van der Waals surface area contributed by atoms with Gasteiger partial charge in [0.25, 0.3) is 11.8 Å². The van der Waals surface area contributed by atoms with Gasteiger partial charge in [0, 0.05) is 18.2 Å². The second kappa shape index (κ2) is 8.85. The Labute approximate surface area is 169 Å². The van der Waals surface area contributed by atoms with Crippen LogP contribution < -0.4 is 10.6 Å². The Morgan fingerprint density at radius 2 is 1.90 bits per heavy atom. The molecule has 2 aromatic rings. The molecular formula is C20H18F3N3O4. The van der Waals surface area contributed by atoms with E-state index in [4.69, 9.17) is 4.42 Å². The van der Waals surface area contributed by atoms with Crippen LogP contribution in [0.5, 0.6) is 0 Å². The number of alkyl halides is 3. The van der Waals surface area contributed by atoms with Gasteiger partial charge in [-0.25, -0.2) is 0 Å². The average Bonchev–Trinajstić information content (AvgIpc) is 3.32. The van der Waals surface area contributed by atoms with Crippen molar-refractivity contribution < 1.29 is 32.0 Å². The zero-order valence-electron chi connectivity index (χ0n) is 15.6. The molecule has 0 spiro atoms. The summed E-state index contributed by atoms with van der Waals surface area (Å²) in [6.45, 7) is -1.51. The number of halogens is 3. The van der Waals surface area contributed by atoms with Crippen LogP contribution in [0.4, 0.5) is 13.2 Å². The molecule has 2 heterocycles. The second-order valence-electron chi connectivity index (χ2n) is 6.58. The lowest BCUT2D eigenvalue weighted by molar-refractivity contribution is -0.158. The van der Waals surface area contributed by atoms with Crippen LogP contribution in [0.15, 0.2) is 58.8 Å². The van der Waals surface area contributed by atoms with Crippen LogP contribution in [0.25, 0.3) is 6.08 Å². The van der Waals surface area contributed by atoms with Gasteiger partial charge < -0.3 is 20.0 Å². The van der Waals surface area contributed by atoms with Crippen LogP contribution in [0.2, 0.25) is 0 Å². The normalized spacial score (nSPS) is 17.2. The summed E-state index contributed by atoms with van der Waals surface area (Å²) in [5.74, 6) is -1.94. The summed E-state index contributed by atoms with van der Waals surface area (Å²) in [5.41, 5.74) is 0.0878. The molecule has 0 radical (unpaired) electrons. The van der Waals surface area contributed by atoms with E-state index in [0.29, 0.717) is 10.5 Å². The molecule has 2 N–H and O–H groups in total. The third kappa shape index (κ3) is 5.49. The summed E-state index contributed by atoms with van der Waals surface area (Å²) < 4.78 is 42.9. The maximum atomic E-state index is 12.7. The van der Waals surface area contributed by atoms with Gasteiger partial charge in [-0.1, -0.05) is 18.2 Å². The summed E-state index contributed by atoms with van der Waals surface area (Å²) in [6, 6.07) is 10.1. The summed E-state index contributed by atoms with van der Waals surface area (Å²) in [4.78, 5) is 38.0. The van der Waals surface area contributed by atoms with E-state index in [1.807, 2.05) is 0 Å². The summed E-state index contributed by atoms with van der Waals surface area (Å²) in [5, 5.41) is 4.85. The van der Waals surface area contributed by atoms with Gasteiger partial charge in [-0.15, -0.1) is 0 Å². The highest BCUT2D eigenvalue weighted by molar-refractivity contribution is 6.06. The molecule has 10 heteroatoms. The van der Waals surface area contributed by atoms with E-state index in [9.17, 15) is 27.6 Å². The molecule has 0 saturated carbocycles. The van der Waals surface area contributed by atoms with E-state index in [1.165, 1.54) is 12.3 Å². The molecule has 158 valence electrons. The van der Waals surface area contributed by atoms with Gasteiger partial charge in [0.1, 0.15) is 24.0 Å². The number of likely N-dealkylation sites (tertiary alicyclic amines) is 1. The summed E-state index contributed by atoms with van der Waals surface area (Å²) >= 11 is 0. The highest BCUT2D eigenvalue weighted by atomic mass is 19.4. The van der Waals surface area contributed by atoms with E-state index < -0.39 is 36.5 Å². The zero-order valence-corrected chi connectivity index (χ0v) is 15.6. The van der Waals surface area contributed by atoms with E-state index >= 15 is 0 Å². The van der Waals surface area contributed by atoms with Crippen LogP contribution in [0.3, 0.4) is 0 Å². The third-order valence-corrected chi connectivity index (χ3v) is 4.33. The number of nitrogens with one attached hydrogen (secondary N) is 2. The van der Waals surface area contributed by atoms with Gasteiger partial charge in [-0.2, -0.15) is 13.2 Å². The number of benzene rings is 1. The highest BCUT2D eigenvalue weighted by Gasteiger charge is 2.40. The lowest BCUT2D eigenvalue weighted by atomic mass is 10.2. The first-order valence-corrected chi connectivity index (χ1v) is 9.01. The van der Waals surface area contributed by atoms with Crippen molar-refractivity contribution in [2.45, 2.75) is 18.6 Å². The SMILES string of the molecule is O=C(NC1CCN(CC(F)(F)F)C1=O)C(=Cc1ccco1)NC(=O)c1ccccc1. The standard InChI is InChI=1S/C20H18F3N3O4/c21-20(22,23)12-26-9-8-15(19(26)29)24-18(28)16(11-14-7-4-10-30-14)25-17(27)13-5-2-1-3-6-13/h1-7,10-11,15H,8-9,12H2,(H,24,28)(H,25,27). The number of amides is 3. The number of hydrogen-bond acceptors (Lipinski definition) is 4. The quantitative estimate of drug-likeness (QED) is 0.701. The number of nitrogens with zero attached hydrogens (tertiary/aromatic N) is 1. The number of carbonyl (C=O) groups is 3. The first-order valence-electron chi connectivity index (χ1n) is 9.01. The van der Waals surface area contributed by atoms with Crippen molar-refractivity contribution in [3.05, 3.63) is 65.7 Å². The molecule has 1 saturated heterocycles. The van der Waals surface area contributed by atoms with Crippen molar-refractivity contribution >= 4 is 23.8 Å². The Morgan fingerprint density at radius 1 is 1.17 bits per heavy atom. The monoisotopic (exact) mass is 421 g/mol. The van der Waals surface area contributed by atoms with E-state index in [0.717, 1.165) is 0 Å². The largest absolute Gasteiger partial charge is 0.465 e. The molecule has 30 heavy (non-hydrogen) atoms. The second-order valence-corrected chi connectivity index (χ2v) is 6.58. The molecule has 1 fully saturated rings. The number of carbonyl (C=O) groups excluding carboxylic acids is 3. The lowest BCUT2D eigenvalue weighted by Crippen LogP contribution is -2.45. The molecule has 1 aromatic heterocycles. The molecule has 1 atom stereocenters. The maximum absolute atomic E-state index is 12.7. The van der Waals surface area contributed by atoms with Crippen molar-refractivity contribution in [1.29, 1.82) is 0 Å². The Hall–Kier alpha value is -3.56.